The largest absolute Gasteiger partial charge is 0.381 e. The second-order valence-electron chi connectivity index (χ2n) is 6.15. The lowest BCUT2D eigenvalue weighted by molar-refractivity contribution is 0.516. The Morgan fingerprint density at radius 3 is 1.84 bits per heavy atom. The Balaban J connectivity index is 1.75. The summed E-state index contributed by atoms with van der Waals surface area (Å²) in [6.07, 6.45) is 4.07. The topological polar surface area (TPSA) is 24.4 Å². The van der Waals surface area contributed by atoms with E-state index in [-0.39, 0.29) is 12.1 Å². The Morgan fingerprint density at radius 1 is 0.640 bits per heavy atom. The molecule has 2 nitrogen and oxygen atoms in total. The lowest BCUT2D eigenvalue weighted by Crippen LogP contribution is -2.21. The van der Waals surface area contributed by atoms with Crippen LogP contribution in [-0.2, 0) is 0 Å². The minimum Gasteiger partial charge on any atom is -0.381 e. The fourth-order valence-electron chi connectivity index (χ4n) is 3.21. The molecule has 1 heterocycles. The minimum atomic E-state index is 0.0288. The van der Waals surface area contributed by atoms with E-state index < -0.39 is 0 Å². The van der Waals surface area contributed by atoms with Gasteiger partial charge in [-0.2, -0.15) is 0 Å². The van der Waals surface area contributed by atoms with Crippen LogP contribution in [0.4, 0.5) is 0 Å². The zero-order valence-electron chi connectivity index (χ0n) is 13.9. The van der Waals surface area contributed by atoms with Crippen molar-refractivity contribution in [3.05, 3.63) is 114 Å². The highest BCUT2D eigenvalue weighted by molar-refractivity contribution is 6.09. The van der Waals surface area contributed by atoms with Crippen LogP contribution in [0.5, 0.6) is 0 Å². The molecule has 0 amide bonds. The van der Waals surface area contributed by atoms with E-state index >= 15 is 0 Å². The Bertz CT molecular complexity index is 868. The molecule has 2 atom stereocenters. The molecule has 0 bridgehead atoms. The number of rotatable bonds is 3. The fraction of sp³-hybridized carbons (Fsp3) is 0.0870. The molecule has 122 valence electrons. The maximum atomic E-state index is 4.95. The molecule has 0 spiro atoms. The normalized spacial score (nSPS) is 19.6. The standard InChI is InChI=1S/C23H20N2/c1-4-10-18(11-5-1)21-16-24-22(19-12-6-2-7-13-19)23(25-17-21)20-14-8-3-9-15-20/h1-17,22-24H/t22-,23+/m1/s1. The van der Waals surface area contributed by atoms with Crippen molar-refractivity contribution in [1.29, 1.82) is 0 Å². The zero-order valence-corrected chi connectivity index (χ0v) is 13.9. The molecule has 3 aromatic rings. The maximum absolute atomic E-state index is 4.95. The molecular weight excluding hydrogens is 304 g/mol. The Hall–Kier alpha value is -3.13. The van der Waals surface area contributed by atoms with Gasteiger partial charge < -0.3 is 5.32 Å². The molecular formula is C23H20N2. The first-order valence-electron chi connectivity index (χ1n) is 8.56. The molecule has 0 aliphatic carbocycles. The number of nitrogens with one attached hydrogen (secondary N) is 1. The smallest absolute Gasteiger partial charge is 0.0991 e. The van der Waals surface area contributed by atoms with E-state index in [0.29, 0.717) is 0 Å². The van der Waals surface area contributed by atoms with Gasteiger partial charge in [0.25, 0.3) is 0 Å². The molecule has 2 heteroatoms. The van der Waals surface area contributed by atoms with Crippen molar-refractivity contribution in [2.24, 2.45) is 4.99 Å². The van der Waals surface area contributed by atoms with Crippen LogP contribution >= 0.6 is 0 Å². The average Bonchev–Trinajstić information content (AvgIpc) is 2.93. The molecule has 0 fully saturated rings. The van der Waals surface area contributed by atoms with E-state index in [0.717, 1.165) is 5.57 Å². The Labute approximate surface area is 148 Å². The minimum absolute atomic E-state index is 0.0288. The maximum Gasteiger partial charge on any atom is 0.0991 e. The van der Waals surface area contributed by atoms with Crippen molar-refractivity contribution in [3.8, 4) is 0 Å². The molecule has 0 radical (unpaired) electrons. The summed E-state index contributed by atoms with van der Waals surface area (Å²) in [4.78, 5) is 4.95. The summed E-state index contributed by atoms with van der Waals surface area (Å²) in [5.41, 5.74) is 4.71. The van der Waals surface area contributed by atoms with Crippen LogP contribution in [0, 0.1) is 0 Å². The van der Waals surface area contributed by atoms with Crippen LogP contribution in [0.25, 0.3) is 5.57 Å². The van der Waals surface area contributed by atoms with Gasteiger partial charge in [0.2, 0.25) is 0 Å². The molecule has 0 unspecified atom stereocenters. The van der Waals surface area contributed by atoms with Gasteiger partial charge in [0.15, 0.2) is 0 Å². The van der Waals surface area contributed by atoms with Crippen LogP contribution in [-0.4, -0.2) is 6.21 Å². The van der Waals surface area contributed by atoms with Gasteiger partial charge in [-0.05, 0) is 16.7 Å². The monoisotopic (exact) mass is 324 g/mol. The molecule has 25 heavy (non-hydrogen) atoms. The van der Waals surface area contributed by atoms with E-state index in [2.05, 4.69) is 84.3 Å². The second kappa shape index (κ2) is 7.18. The van der Waals surface area contributed by atoms with Gasteiger partial charge in [0.05, 0.1) is 12.1 Å². The average molecular weight is 324 g/mol. The van der Waals surface area contributed by atoms with Gasteiger partial charge in [-0.15, -0.1) is 0 Å². The lowest BCUT2D eigenvalue weighted by atomic mass is 9.94. The molecule has 0 saturated carbocycles. The lowest BCUT2D eigenvalue weighted by Gasteiger charge is -2.24. The quantitative estimate of drug-likeness (QED) is 0.705. The van der Waals surface area contributed by atoms with Gasteiger partial charge in [0.1, 0.15) is 0 Å². The highest BCUT2D eigenvalue weighted by Crippen LogP contribution is 2.34. The molecule has 4 rings (SSSR count). The third-order valence-electron chi connectivity index (χ3n) is 4.52. The number of allylic oxidation sites excluding steroid dienone is 1. The number of hydrogen-bond acceptors (Lipinski definition) is 2. The molecule has 0 aromatic heterocycles. The summed E-state index contributed by atoms with van der Waals surface area (Å²) in [5, 5.41) is 3.61. The molecule has 0 saturated heterocycles. The predicted octanol–water partition coefficient (Wildman–Crippen LogP) is 5.18. The van der Waals surface area contributed by atoms with E-state index in [1.807, 2.05) is 24.4 Å². The summed E-state index contributed by atoms with van der Waals surface area (Å²) in [5.74, 6) is 0. The Morgan fingerprint density at radius 2 is 1.20 bits per heavy atom. The summed E-state index contributed by atoms with van der Waals surface area (Å²) in [7, 11) is 0. The summed E-state index contributed by atoms with van der Waals surface area (Å²) < 4.78 is 0. The van der Waals surface area contributed by atoms with Gasteiger partial charge in [-0.3, -0.25) is 4.99 Å². The summed E-state index contributed by atoms with van der Waals surface area (Å²) >= 11 is 0. The van der Waals surface area contributed by atoms with E-state index in [4.69, 9.17) is 4.99 Å². The summed E-state index contributed by atoms with van der Waals surface area (Å²) in [6, 6.07) is 31.5. The van der Waals surface area contributed by atoms with Crippen LogP contribution in [0.2, 0.25) is 0 Å². The van der Waals surface area contributed by atoms with Crippen LogP contribution in [0.1, 0.15) is 28.8 Å². The van der Waals surface area contributed by atoms with Gasteiger partial charge in [-0.1, -0.05) is 91.0 Å². The van der Waals surface area contributed by atoms with Gasteiger partial charge >= 0.3 is 0 Å². The van der Waals surface area contributed by atoms with E-state index in [1.165, 1.54) is 16.7 Å². The van der Waals surface area contributed by atoms with Crippen molar-refractivity contribution in [2.75, 3.05) is 0 Å². The molecule has 1 aliphatic rings. The van der Waals surface area contributed by atoms with Crippen molar-refractivity contribution in [3.63, 3.8) is 0 Å². The Kier molecular flexibility index (Phi) is 4.42. The first-order chi connectivity index (χ1) is 12.4. The molecule has 1 aliphatic heterocycles. The summed E-state index contributed by atoms with van der Waals surface area (Å²) in [6.45, 7) is 0. The molecule has 3 aromatic carbocycles. The number of aliphatic imine (C=N–C) groups is 1. The van der Waals surface area contributed by atoms with Crippen molar-refractivity contribution in [1.82, 2.24) is 5.32 Å². The third-order valence-corrected chi connectivity index (χ3v) is 4.52. The molecule has 1 N–H and O–H groups in total. The van der Waals surface area contributed by atoms with Crippen LogP contribution in [0.3, 0.4) is 0 Å². The first kappa shape index (κ1) is 15.4. The zero-order chi connectivity index (χ0) is 16.9. The van der Waals surface area contributed by atoms with E-state index in [1.54, 1.807) is 0 Å². The highest BCUT2D eigenvalue weighted by Gasteiger charge is 2.24. The van der Waals surface area contributed by atoms with Crippen LogP contribution < -0.4 is 5.32 Å². The third kappa shape index (κ3) is 3.38. The number of nitrogens with zero attached hydrogens (tertiary/aromatic N) is 1. The van der Waals surface area contributed by atoms with Crippen molar-refractivity contribution >= 4 is 11.8 Å². The van der Waals surface area contributed by atoms with Gasteiger partial charge in [0, 0.05) is 18.0 Å². The first-order valence-corrected chi connectivity index (χ1v) is 8.56. The highest BCUT2D eigenvalue weighted by atomic mass is 15.0. The fourth-order valence-corrected chi connectivity index (χ4v) is 3.21. The van der Waals surface area contributed by atoms with Crippen molar-refractivity contribution < 1.29 is 0 Å². The second-order valence-corrected chi connectivity index (χ2v) is 6.15. The van der Waals surface area contributed by atoms with E-state index in [9.17, 15) is 0 Å². The number of benzene rings is 3. The predicted molar refractivity (Wildman–Crippen MR) is 104 cm³/mol. The van der Waals surface area contributed by atoms with Crippen LogP contribution in [0.15, 0.2) is 102 Å². The van der Waals surface area contributed by atoms with Crippen molar-refractivity contribution in [2.45, 2.75) is 12.1 Å². The SMILES string of the molecule is C1=N[C@@H](c2ccccc2)[C@@H](c2ccccc2)NC=C1c1ccccc1. The number of hydrogen-bond donors (Lipinski definition) is 1. The van der Waals surface area contributed by atoms with Gasteiger partial charge in [-0.25, -0.2) is 0 Å².